The van der Waals surface area contributed by atoms with E-state index in [0.717, 1.165) is 6.07 Å². The van der Waals surface area contributed by atoms with E-state index >= 15 is 0 Å². The van der Waals surface area contributed by atoms with Crippen LogP contribution in [0.4, 0.5) is 10.1 Å². The zero-order valence-electron chi connectivity index (χ0n) is 12.3. The molecule has 2 amide bonds. The van der Waals surface area contributed by atoms with Gasteiger partial charge in [0.2, 0.25) is 11.8 Å². The summed E-state index contributed by atoms with van der Waals surface area (Å²) in [6.45, 7) is 2.99. The SMILES string of the molecule is C[C@H](C(=O)Nc1ccc(Cl)cc1F)N1CCC(C(N)=O)CC1. The van der Waals surface area contributed by atoms with E-state index in [-0.39, 0.29) is 28.4 Å². The van der Waals surface area contributed by atoms with Crippen molar-refractivity contribution in [1.82, 2.24) is 4.90 Å². The Morgan fingerprint density at radius 3 is 2.59 bits per heavy atom. The van der Waals surface area contributed by atoms with Gasteiger partial charge in [0.05, 0.1) is 11.7 Å². The normalized spacial score (nSPS) is 18.0. The van der Waals surface area contributed by atoms with Gasteiger partial charge in [0.1, 0.15) is 5.82 Å². The second-order valence-electron chi connectivity index (χ2n) is 5.50. The Bertz CT molecular complexity index is 574. The van der Waals surface area contributed by atoms with Gasteiger partial charge in [0.15, 0.2) is 0 Å². The first-order chi connectivity index (χ1) is 10.4. The summed E-state index contributed by atoms with van der Waals surface area (Å²) in [5.41, 5.74) is 5.40. The van der Waals surface area contributed by atoms with Crippen LogP contribution in [0, 0.1) is 11.7 Å². The van der Waals surface area contributed by atoms with Crippen molar-refractivity contribution in [3.8, 4) is 0 Å². The van der Waals surface area contributed by atoms with Crippen molar-refractivity contribution in [3.05, 3.63) is 29.0 Å². The number of halogens is 2. The first kappa shape index (κ1) is 16.7. The molecule has 0 bridgehead atoms. The number of rotatable bonds is 4. The average Bonchev–Trinajstić information content (AvgIpc) is 2.49. The van der Waals surface area contributed by atoms with Crippen molar-refractivity contribution in [2.75, 3.05) is 18.4 Å². The molecule has 1 aliphatic heterocycles. The van der Waals surface area contributed by atoms with Crippen molar-refractivity contribution in [2.45, 2.75) is 25.8 Å². The molecule has 1 aliphatic rings. The summed E-state index contributed by atoms with van der Waals surface area (Å²) in [5.74, 6) is -1.28. The molecule has 1 aromatic carbocycles. The van der Waals surface area contributed by atoms with Crippen molar-refractivity contribution in [2.24, 2.45) is 11.7 Å². The molecule has 1 saturated heterocycles. The van der Waals surface area contributed by atoms with Gasteiger partial charge in [-0.3, -0.25) is 14.5 Å². The van der Waals surface area contributed by atoms with E-state index in [1.807, 2.05) is 4.90 Å². The molecule has 5 nitrogen and oxygen atoms in total. The Balaban J connectivity index is 1.94. The second kappa shape index (κ2) is 7.07. The van der Waals surface area contributed by atoms with E-state index in [1.54, 1.807) is 6.92 Å². The summed E-state index contributed by atoms with van der Waals surface area (Å²) >= 11 is 5.68. The molecule has 7 heteroatoms. The van der Waals surface area contributed by atoms with Crippen molar-refractivity contribution in [3.63, 3.8) is 0 Å². The predicted octanol–water partition coefficient (Wildman–Crippen LogP) is 2.00. The summed E-state index contributed by atoms with van der Waals surface area (Å²) in [7, 11) is 0. The summed E-state index contributed by atoms with van der Waals surface area (Å²) in [6, 6.07) is 3.69. The van der Waals surface area contributed by atoms with E-state index in [4.69, 9.17) is 17.3 Å². The van der Waals surface area contributed by atoms with Crippen LogP contribution < -0.4 is 11.1 Å². The van der Waals surface area contributed by atoms with Crippen LogP contribution in [0.3, 0.4) is 0 Å². The lowest BCUT2D eigenvalue weighted by Gasteiger charge is -2.34. The van der Waals surface area contributed by atoms with Gasteiger partial charge in [-0.15, -0.1) is 0 Å². The Hall–Kier alpha value is -1.66. The van der Waals surface area contributed by atoms with Crippen molar-refractivity contribution >= 4 is 29.1 Å². The van der Waals surface area contributed by atoms with Crippen LogP contribution in [0.15, 0.2) is 18.2 Å². The number of anilines is 1. The number of carbonyl (C=O) groups is 2. The number of benzene rings is 1. The lowest BCUT2D eigenvalue weighted by molar-refractivity contribution is -0.124. The molecular formula is C15H19ClFN3O2. The van der Waals surface area contributed by atoms with E-state index in [0.29, 0.717) is 25.9 Å². The molecule has 0 radical (unpaired) electrons. The van der Waals surface area contributed by atoms with Gasteiger partial charge < -0.3 is 11.1 Å². The highest BCUT2D eigenvalue weighted by molar-refractivity contribution is 6.30. The van der Waals surface area contributed by atoms with Gasteiger partial charge >= 0.3 is 0 Å². The van der Waals surface area contributed by atoms with E-state index in [9.17, 15) is 14.0 Å². The zero-order chi connectivity index (χ0) is 16.3. The molecule has 2 rings (SSSR count). The first-order valence-electron chi connectivity index (χ1n) is 7.17. The number of piperidine rings is 1. The molecule has 1 heterocycles. The lowest BCUT2D eigenvalue weighted by atomic mass is 9.95. The number of likely N-dealkylation sites (tertiary alicyclic amines) is 1. The van der Waals surface area contributed by atoms with Crippen LogP contribution >= 0.6 is 11.6 Å². The fourth-order valence-electron chi connectivity index (χ4n) is 2.57. The van der Waals surface area contributed by atoms with Crippen molar-refractivity contribution in [1.29, 1.82) is 0 Å². The molecule has 22 heavy (non-hydrogen) atoms. The van der Waals surface area contributed by atoms with Gasteiger partial charge in [-0.05, 0) is 51.1 Å². The molecule has 0 unspecified atom stereocenters. The van der Waals surface area contributed by atoms with Crippen LogP contribution in [0.1, 0.15) is 19.8 Å². The number of nitrogens with zero attached hydrogens (tertiary/aromatic N) is 1. The summed E-state index contributed by atoms with van der Waals surface area (Å²) in [4.78, 5) is 25.3. The van der Waals surface area contributed by atoms with E-state index in [2.05, 4.69) is 5.32 Å². The number of amides is 2. The summed E-state index contributed by atoms with van der Waals surface area (Å²) < 4.78 is 13.7. The number of nitrogens with one attached hydrogen (secondary N) is 1. The Labute approximate surface area is 133 Å². The highest BCUT2D eigenvalue weighted by Gasteiger charge is 2.28. The molecule has 1 atom stereocenters. The Morgan fingerprint density at radius 1 is 1.41 bits per heavy atom. The Morgan fingerprint density at radius 2 is 2.05 bits per heavy atom. The largest absolute Gasteiger partial charge is 0.369 e. The Kier molecular flexibility index (Phi) is 5.37. The highest BCUT2D eigenvalue weighted by Crippen LogP contribution is 2.21. The maximum absolute atomic E-state index is 13.7. The van der Waals surface area contributed by atoms with Crippen molar-refractivity contribution < 1.29 is 14.0 Å². The van der Waals surface area contributed by atoms with Gasteiger partial charge in [-0.2, -0.15) is 0 Å². The van der Waals surface area contributed by atoms with Gasteiger partial charge in [0.25, 0.3) is 0 Å². The third kappa shape index (κ3) is 3.96. The summed E-state index contributed by atoms with van der Waals surface area (Å²) in [6.07, 6.45) is 1.28. The van der Waals surface area contributed by atoms with E-state index in [1.165, 1.54) is 12.1 Å². The number of hydrogen-bond donors (Lipinski definition) is 2. The minimum atomic E-state index is -0.569. The van der Waals surface area contributed by atoms with Crippen LogP contribution in [0.25, 0.3) is 0 Å². The van der Waals surface area contributed by atoms with Gasteiger partial charge in [-0.25, -0.2) is 4.39 Å². The maximum atomic E-state index is 13.7. The summed E-state index contributed by atoms with van der Waals surface area (Å²) in [5, 5.41) is 2.84. The predicted molar refractivity (Wildman–Crippen MR) is 83.0 cm³/mol. The molecular weight excluding hydrogens is 309 g/mol. The van der Waals surface area contributed by atoms with Crippen LogP contribution in [-0.4, -0.2) is 35.8 Å². The highest BCUT2D eigenvalue weighted by atomic mass is 35.5. The molecule has 0 saturated carbocycles. The van der Waals surface area contributed by atoms with E-state index < -0.39 is 11.9 Å². The maximum Gasteiger partial charge on any atom is 0.241 e. The van der Waals surface area contributed by atoms with Crippen LogP contribution in [-0.2, 0) is 9.59 Å². The molecule has 1 aromatic rings. The monoisotopic (exact) mass is 327 g/mol. The number of nitrogens with two attached hydrogens (primary N) is 1. The standard InChI is InChI=1S/C15H19ClFN3O2/c1-9(20-6-4-10(5-7-20)14(18)21)15(22)19-13-3-2-11(16)8-12(13)17/h2-3,8-10H,4-7H2,1H3,(H2,18,21)(H,19,22)/t9-/m1/s1. The molecule has 0 aliphatic carbocycles. The smallest absolute Gasteiger partial charge is 0.241 e. The molecule has 0 spiro atoms. The molecule has 3 N–H and O–H groups in total. The molecule has 1 fully saturated rings. The van der Waals surface area contributed by atoms with Crippen LogP contribution in [0.2, 0.25) is 5.02 Å². The minimum Gasteiger partial charge on any atom is -0.369 e. The topological polar surface area (TPSA) is 75.4 Å². The zero-order valence-corrected chi connectivity index (χ0v) is 13.1. The third-order valence-corrected chi connectivity index (χ3v) is 4.28. The first-order valence-corrected chi connectivity index (χ1v) is 7.55. The molecule has 0 aromatic heterocycles. The lowest BCUT2D eigenvalue weighted by Crippen LogP contribution is -2.47. The third-order valence-electron chi connectivity index (χ3n) is 4.05. The number of hydrogen-bond acceptors (Lipinski definition) is 3. The fraction of sp³-hybridized carbons (Fsp3) is 0.467. The number of primary amides is 1. The molecule has 120 valence electrons. The average molecular weight is 328 g/mol. The fourth-order valence-corrected chi connectivity index (χ4v) is 2.72. The number of carbonyl (C=O) groups excluding carboxylic acids is 2. The minimum absolute atomic E-state index is 0.105. The second-order valence-corrected chi connectivity index (χ2v) is 5.94. The van der Waals surface area contributed by atoms with Gasteiger partial charge in [0, 0.05) is 10.9 Å². The van der Waals surface area contributed by atoms with Gasteiger partial charge in [-0.1, -0.05) is 11.6 Å². The quantitative estimate of drug-likeness (QED) is 0.888. The van der Waals surface area contributed by atoms with Crippen LogP contribution in [0.5, 0.6) is 0 Å².